The Labute approximate surface area is 100 Å². The summed E-state index contributed by atoms with van der Waals surface area (Å²) in [5, 5.41) is 4.77. The summed E-state index contributed by atoms with van der Waals surface area (Å²) >= 11 is 15.0. The minimum Gasteiger partial charge on any atom is -0.338 e. The summed E-state index contributed by atoms with van der Waals surface area (Å²) in [4.78, 5) is 0. The molecule has 0 N–H and O–H groups in total. The monoisotopic (exact) mass is 298 g/mol. The number of ether oxygens (including phenoxy) is 1. The molecule has 0 amide bonds. The summed E-state index contributed by atoms with van der Waals surface area (Å²) < 4.78 is 7.87. The van der Waals surface area contributed by atoms with Gasteiger partial charge in [-0.3, -0.25) is 0 Å². The maximum atomic E-state index is 5.90. The molecule has 78 valence electrons. The van der Waals surface area contributed by atoms with Crippen molar-refractivity contribution in [2.45, 2.75) is 31.1 Å². The van der Waals surface area contributed by atoms with Crippen LogP contribution in [0.15, 0.2) is 10.8 Å². The lowest BCUT2D eigenvalue weighted by molar-refractivity contribution is -0.0599. The lowest BCUT2D eigenvalue weighted by Gasteiger charge is -2.26. The molecule has 0 saturated carbocycles. The van der Waals surface area contributed by atoms with E-state index >= 15 is 0 Å². The number of alkyl halides is 1. The van der Waals surface area contributed by atoms with Crippen molar-refractivity contribution >= 4 is 39.1 Å². The van der Waals surface area contributed by atoms with Gasteiger partial charge >= 0.3 is 0 Å². The highest BCUT2D eigenvalue weighted by Gasteiger charge is 2.23. The van der Waals surface area contributed by atoms with Crippen molar-refractivity contribution in [3.05, 3.63) is 15.8 Å². The van der Waals surface area contributed by atoms with Crippen molar-refractivity contribution in [2.75, 3.05) is 0 Å². The molecule has 2 atom stereocenters. The van der Waals surface area contributed by atoms with Gasteiger partial charge in [0.2, 0.25) is 0 Å². The Kier molecular flexibility index (Phi) is 3.37. The van der Waals surface area contributed by atoms with Crippen LogP contribution in [0.5, 0.6) is 0 Å². The normalized spacial score (nSPS) is 27.9. The van der Waals surface area contributed by atoms with Gasteiger partial charge in [-0.25, -0.2) is 4.68 Å². The first kappa shape index (κ1) is 10.7. The number of rotatable bonds is 1. The lowest BCUT2D eigenvalue weighted by atomic mass is 10.2. The molecule has 0 spiro atoms. The van der Waals surface area contributed by atoms with E-state index in [1.807, 2.05) is 0 Å². The van der Waals surface area contributed by atoms with Crippen LogP contribution in [0.1, 0.15) is 25.5 Å². The van der Waals surface area contributed by atoms with Crippen molar-refractivity contribution in [1.82, 2.24) is 9.78 Å². The molecule has 6 heteroatoms. The molecule has 0 bridgehead atoms. The molecule has 0 aromatic carbocycles. The molecule has 1 aromatic rings. The predicted octanol–water partition coefficient (Wildman–Crippen LogP) is 3.56. The van der Waals surface area contributed by atoms with Gasteiger partial charge < -0.3 is 4.74 Å². The lowest BCUT2D eigenvalue weighted by Crippen LogP contribution is -2.22. The summed E-state index contributed by atoms with van der Waals surface area (Å²) in [6, 6.07) is 0. The Morgan fingerprint density at radius 3 is 2.93 bits per heavy atom. The fourth-order valence-electron chi connectivity index (χ4n) is 1.45. The molecule has 0 radical (unpaired) electrons. The zero-order chi connectivity index (χ0) is 10.1. The van der Waals surface area contributed by atoms with Crippen LogP contribution in [0, 0.1) is 0 Å². The van der Waals surface area contributed by atoms with Gasteiger partial charge in [-0.15, -0.1) is 0 Å². The molecule has 14 heavy (non-hydrogen) atoms. The Morgan fingerprint density at radius 2 is 2.36 bits per heavy atom. The Morgan fingerprint density at radius 1 is 1.57 bits per heavy atom. The van der Waals surface area contributed by atoms with Crippen molar-refractivity contribution in [2.24, 2.45) is 0 Å². The fourth-order valence-corrected chi connectivity index (χ4v) is 2.15. The molecular formula is C8H9BrCl2N2O. The van der Waals surface area contributed by atoms with E-state index in [2.05, 4.69) is 21.0 Å². The van der Waals surface area contributed by atoms with Crippen molar-refractivity contribution in [3.63, 3.8) is 0 Å². The molecule has 1 aliphatic heterocycles. The molecule has 2 heterocycles. The number of aromatic nitrogens is 2. The predicted molar refractivity (Wildman–Crippen MR) is 58.6 cm³/mol. The van der Waals surface area contributed by atoms with E-state index in [-0.39, 0.29) is 11.8 Å². The zero-order valence-electron chi connectivity index (χ0n) is 7.29. The molecule has 1 fully saturated rings. The molecule has 1 aliphatic rings. The second kappa shape index (κ2) is 4.39. The van der Waals surface area contributed by atoms with Gasteiger partial charge in [0.1, 0.15) is 10.2 Å². The van der Waals surface area contributed by atoms with E-state index in [4.69, 9.17) is 27.9 Å². The summed E-state index contributed by atoms with van der Waals surface area (Å²) in [5.41, 5.74) is -0.212. The highest BCUT2D eigenvalue weighted by molar-refractivity contribution is 9.10. The summed E-state index contributed by atoms with van der Waals surface area (Å²) in [6.07, 6.45) is 4.52. The summed E-state index contributed by atoms with van der Waals surface area (Å²) in [7, 11) is 0. The van der Waals surface area contributed by atoms with Crippen LogP contribution in [-0.4, -0.2) is 15.3 Å². The first-order valence-electron chi connectivity index (χ1n) is 4.36. The third-order valence-electron chi connectivity index (χ3n) is 2.13. The summed E-state index contributed by atoms with van der Waals surface area (Å²) in [6.45, 7) is 0. The average molecular weight is 300 g/mol. The van der Waals surface area contributed by atoms with E-state index < -0.39 is 0 Å². The molecular weight excluding hydrogens is 291 g/mol. The first-order chi connectivity index (χ1) is 6.66. The van der Waals surface area contributed by atoms with Crippen LogP contribution in [0.2, 0.25) is 5.02 Å². The van der Waals surface area contributed by atoms with Gasteiger partial charge in [-0.2, -0.15) is 5.10 Å². The van der Waals surface area contributed by atoms with E-state index in [0.29, 0.717) is 9.63 Å². The maximum Gasteiger partial charge on any atom is 0.152 e. The molecule has 0 aliphatic carbocycles. The number of nitrogens with zero attached hydrogens (tertiary/aromatic N) is 2. The number of hydrogen-bond donors (Lipinski definition) is 0. The molecule has 1 aromatic heterocycles. The van der Waals surface area contributed by atoms with Crippen LogP contribution in [0.25, 0.3) is 0 Å². The van der Waals surface area contributed by atoms with Gasteiger partial charge in [0.25, 0.3) is 0 Å². The van der Waals surface area contributed by atoms with Crippen LogP contribution < -0.4 is 0 Å². The highest BCUT2D eigenvalue weighted by atomic mass is 79.9. The third kappa shape index (κ3) is 2.24. The summed E-state index contributed by atoms with van der Waals surface area (Å²) in [5.74, 6) is 0. The van der Waals surface area contributed by atoms with E-state index in [9.17, 15) is 0 Å². The topological polar surface area (TPSA) is 27.1 Å². The molecule has 3 nitrogen and oxygen atoms in total. The Bertz CT molecular complexity index is 312. The Balaban J connectivity index is 2.14. The van der Waals surface area contributed by atoms with E-state index in [1.165, 1.54) is 0 Å². The number of halogens is 3. The van der Waals surface area contributed by atoms with Gasteiger partial charge in [0.05, 0.1) is 5.02 Å². The minimum absolute atomic E-state index is 0.0879. The number of hydrogen-bond acceptors (Lipinski definition) is 2. The molecule has 2 unspecified atom stereocenters. The minimum atomic E-state index is -0.212. The highest BCUT2D eigenvalue weighted by Crippen LogP contribution is 2.30. The standard InChI is InChI=1S/C8H9BrCl2N2O/c9-8-5(10)4-13(12-8)7-3-1-2-6(11)14-7/h4,6-7H,1-3H2. The van der Waals surface area contributed by atoms with Crippen molar-refractivity contribution < 1.29 is 4.74 Å². The smallest absolute Gasteiger partial charge is 0.152 e. The fraction of sp³-hybridized carbons (Fsp3) is 0.625. The molecule has 1 saturated heterocycles. The maximum absolute atomic E-state index is 5.90. The first-order valence-corrected chi connectivity index (χ1v) is 5.97. The van der Waals surface area contributed by atoms with Crippen LogP contribution >= 0.6 is 39.1 Å². The SMILES string of the molecule is Clc1cn(C2CCCC(Cl)O2)nc1Br. The van der Waals surface area contributed by atoms with Gasteiger partial charge in [0, 0.05) is 6.20 Å². The van der Waals surface area contributed by atoms with E-state index in [0.717, 1.165) is 19.3 Å². The zero-order valence-corrected chi connectivity index (χ0v) is 10.4. The van der Waals surface area contributed by atoms with Crippen molar-refractivity contribution in [3.8, 4) is 0 Å². The van der Waals surface area contributed by atoms with Crippen LogP contribution in [0.4, 0.5) is 0 Å². The van der Waals surface area contributed by atoms with Gasteiger partial charge in [-0.05, 0) is 35.2 Å². The van der Waals surface area contributed by atoms with Crippen LogP contribution in [0.3, 0.4) is 0 Å². The van der Waals surface area contributed by atoms with Crippen LogP contribution in [-0.2, 0) is 4.74 Å². The Hall–Kier alpha value is 0.230. The second-order valence-corrected chi connectivity index (χ2v) is 4.82. The van der Waals surface area contributed by atoms with E-state index in [1.54, 1.807) is 10.9 Å². The van der Waals surface area contributed by atoms with Crippen molar-refractivity contribution in [1.29, 1.82) is 0 Å². The molecule has 2 rings (SSSR count). The quantitative estimate of drug-likeness (QED) is 0.741. The van der Waals surface area contributed by atoms with Gasteiger partial charge in [-0.1, -0.05) is 23.2 Å². The largest absolute Gasteiger partial charge is 0.338 e. The third-order valence-corrected chi connectivity index (χ3v) is 3.54. The average Bonchev–Trinajstić information content (AvgIpc) is 2.47. The second-order valence-electron chi connectivity index (χ2n) is 3.18. The van der Waals surface area contributed by atoms with Gasteiger partial charge in [0.15, 0.2) is 6.23 Å².